The second-order valence-electron chi connectivity index (χ2n) is 3.65. The standard InChI is InChI=1S/C12H18OS4/c1-10(2)12(13)16-7-6-14-5-3-4-11-8-15-9-17-11/h8H,1,3-7,9H2,2H3. The molecule has 0 spiro atoms. The molecule has 17 heavy (non-hydrogen) atoms. The minimum atomic E-state index is 0.134. The summed E-state index contributed by atoms with van der Waals surface area (Å²) in [6.07, 6.45) is 2.48. The first kappa shape index (κ1) is 15.6. The Bertz CT molecular complexity index is 293. The Kier molecular flexibility index (Phi) is 8.70. The van der Waals surface area contributed by atoms with Crippen molar-refractivity contribution >= 4 is 52.2 Å². The first-order chi connectivity index (χ1) is 8.20. The third-order valence-corrected chi connectivity index (χ3v) is 6.70. The predicted octanol–water partition coefficient (Wildman–Crippen LogP) is 4.61. The zero-order valence-electron chi connectivity index (χ0n) is 10.1. The second-order valence-corrected chi connectivity index (χ2v) is 8.26. The van der Waals surface area contributed by atoms with Crippen molar-refractivity contribution in [2.75, 3.05) is 22.3 Å². The van der Waals surface area contributed by atoms with Crippen LogP contribution in [-0.4, -0.2) is 27.5 Å². The quantitative estimate of drug-likeness (QED) is 0.479. The lowest BCUT2D eigenvalue weighted by molar-refractivity contribution is -0.107. The number of thioether (sulfide) groups is 4. The lowest BCUT2D eigenvalue weighted by atomic mass is 10.3. The molecule has 0 aromatic carbocycles. The summed E-state index contributed by atoms with van der Waals surface area (Å²) in [6, 6.07) is 0. The Morgan fingerprint density at radius 3 is 2.94 bits per heavy atom. The van der Waals surface area contributed by atoms with Crippen LogP contribution in [0.5, 0.6) is 0 Å². The van der Waals surface area contributed by atoms with E-state index in [1.54, 1.807) is 11.8 Å². The van der Waals surface area contributed by atoms with Gasteiger partial charge in [0.1, 0.15) is 0 Å². The van der Waals surface area contributed by atoms with E-state index in [1.807, 2.05) is 35.3 Å². The maximum atomic E-state index is 11.2. The molecule has 0 aliphatic carbocycles. The van der Waals surface area contributed by atoms with E-state index >= 15 is 0 Å². The van der Waals surface area contributed by atoms with Crippen LogP contribution in [0.2, 0.25) is 0 Å². The van der Waals surface area contributed by atoms with Crippen LogP contribution in [0.3, 0.4) is 0 Å². The van der Waals surface area contributed by atoms with Gasteiger partial charge in [-0.1, -0.05) is 18.3 Å². The second kappa shape index (κ2) is 9.48. The highest BCUT2D eigenvalue weighted by Gasteiger charge is 2.05. The summed E-state index contributed by atoms with van der Waals surface area (Å²) in [7, 11) is 0. The van der Waals surface area contributed by atoms with Crippen molar-refractivity contribution in [3.63, 3.8) is 0 Å². The summed E-state index contributed by atoms with van der Waals surface area (Å²) in [6.45, 7) is 5.41. The van der Waals surface area contributed by atoms with Gasteiger partial charge >= 0.3 is 0 Å². The fourth-order valence-electron chi connectivity index (χ4n) is 1.17. The third-order valence-electron chi connectivity index (χ3n) is 2.05. The maximum Gasteiger partial charge on any atom is 0.214 e. The lowest BCUT2D eigenvalue weighted by Gasteiger charge is -2.02. The van der Waals surface area contributed by atoms with Crippen molar-refractivity contribution < 1.29 is 4.79 Å². The summed E-state index contributed by atoms with van der Waals surface area (Å²) in [5, 5.41) is 3.62. The highest BCUT2D eigenvalue weighted by molar-refractivity contribution is 8.22. The fourth-order valence-corrected chi connectivity index (χ4v) is 5.18. The summed E-state index contributed by atoms with van der Waals surface area (Å²) in [5.41, 5.74) is 0.655. The first-order valence-electron chi connectivity index (χ1n) is 5.54. The van der Waals surface area contributed by atoms with E-state index in [1.165, 1.54) is 35.4 Å². The number of allylic oxidation sites excluding steroid dienone is 1. The molecule has 0 aromatic heterocycles. The molecule has 1 rings (SSSR count). The van der Waals surface area contributed by atoms with E-state index in [-0.39, 0.29) is 5.12 Å². The summed E-state index contributed by atoms with van der Waals surface area (Å²) >= 11 is 7.21. The number of carbonyl (C=O) groups excluding carboxylic acids is 1. The van der Waals surface area contributed by atoms with E-state index in [0.29, 0.717) is 5.57 Å². The molecule has 5 heteroatoms. The van der Waals surface area contributed by atoms with Crippen LogP contribution < -0.4 is 0 Å². The van der Waals surface area contributed by atoms with Crippen LogP contribution in [0.15, 0.2) is 22.5 Å². The van der Waals surface area contributed by atoms with Gasteiger partial charge in [-0.15, -0.1) is 23.5 Å². The van der Waals surface area contributed by atoms with Gasteiger partial charge in [-0.3, -0.25) is 4.79 Å². The monoisotopic (exact) mass is 306 g/mol. The molecular weight excluding hydrogens is 288 g/mol. The molecule has 0 saturated carbocycles. The molecule has 1 heterocycles. The van der Waals surface area contributed by atoms with Crippen LogP contribution in [-0.2, 0) is 4.79 Å². The molecule has 0 bridgehead atoms. The molecule has 0 radical (unpaired) electrons. The molecule has 0 fully saturated rings. The van der Waals surface area contributed by atoms with Gasteiger partial charge in [0, 0.05) is 16.6 Å². The van der Waals surface area contributed by atoms with Gasteiger partial charge in [-0.05, 0) is 41.4 Å². The van der Waals surface area contributed by atoms with Crippen LogP contribution in [0.4, 0.5) is 0 Å². The van der Waals surface area contributed by atoms with Gasteiger partial charge in [0.15, 0.2) is 0 Å². The Morgan fingerprint density at radius 1 is 1.47 bits per heavy atom. The normalized spacial score (nSPS) is 14.8. The maximum absolute atomic E-state index is 11.2. The number of hydrogen-bond donors (Lipinski definition) is 0. The van der Waals surface area contributed by atoms with E-state index in [0.717, 1.165) is 11.5 Å². The van der Waals surface area contributed by atoms with Gasteiger partial charge < -0.3 is 0 Å². The van der Waals surface area contributed by atoms with Gasteiger partial charge in [0.05, 0.1) is 0 Å². The topological polar surface area (TPSA) is 17.1 Å². The van der Waals surface area contributed by atoms with E-state index < -0.39 is 0 Å². The third kappa shape index (κ3) is 7.54. The van der Waals surface area contributed by atoms with Crippen molar-refractivity contribution in [3.05, 3.63) is 22.5 Å². The van der Waals surface area contributed by atoms with Gasteiger partial charge in [-0.25, -0.2) is 0 Å². The average Bonchev–Trinajstić information content (AvgIpc) is 2.80. The molecular formula is C12H18OS4. The highest BCUT2D eigenvalue weighted by atomic mass is 32.2. The lowest BCUT2D eigenvalue weighted by Crippen LogP contribution is -1.95. The number of rotatable bonds is 8. The van der Waals surface area contributed by atoms with Crippen LogP contribution in [0.25, 0.3) is 0 Å². The van der Waals surface area contributed by atoms with Crippen molar-refractivity contribution in [3.8, 4) is 0 Å². The number of carbonyl (C=O) groups is 1. The van der Waals surface area contributed by atoms with Gasteiger partial charge in [0.25, 0.3) is 0 Å². The fraction of sp³-hybridized carbons (Fsp3) is 0.583. The zero-order chi connectivity index (χ0) is 12.5. The molecule has 1 aliphatic rings. The van der Waals surface area contributed by atoms with E-state index in [9.17, 15) is 4.79 Å². The largest absolute Gasteiger partial charge is 0.282 e. The molecule has 0 aromatic rings. The molecule has 96 valence electrons. The molecule has 0 unspecified atom stereocenters. The van der Waals surface area contributed by atoms with Crippen molar-refractivity contribution in [2.45, 2.75) is 19.8 Å². The SMILES string of the molecule is C=C(C)C(=O)SCCSCCCC1=CSCS1. The molecule has 1 nitrogen and oxygen atoms in total. The Morgan fingerprint density at radius 2 is 2.29 bits per heavy atom. The van der Waals surface area contributed by atoms with Gasteiger partial charge in [0.2, 0.25) is 5.12 Å². The first-order valence-corrected chi connectivity index (χ1v) is 9.71. The molecule has 1 aliphatic heterocycles. The summed E-state index contributed by atoms with van der Waals surface area (Å²) in [5.74, 6) is 3.17. The van der Waals surface area contributed by atoms with Crippen molar-refractivity contribution in [1.29, 1.82) is 0 Å². The molecule has 0 amide bonds. The van der Waals surface area contributed by atoms with E-state index in [4.69, 9.17) is 0 Å². The Hall–Kier alpha value is 0.550. The zero-order valence-corrected chi connectivity index (χ0v) is 13.3. The van der Waals surface area contributed by atoms with Crippen LogP contribution in [0, 0.1) is 0 Å². The predicted molar refractivity (Wildman–Crippen MR) is 87.0 cm³/mol. The van der Waals surface area contributed by atoms with Gasteiger partial charge in [-0.2, -0.15) is 11.8 Å². The smallest absolute Gasteiger partial charge is 0.214 e. The Balaban J connectivity index is 1.87. The number of hydrogen-bond acceptors (Lipinski definition) is 5. The van der Waals surface area contributed by atoms with Crippen molar-refractivity contribution in [1.82, 2.24) is 0 Å². The van der Waals surface area contributed by atoms with Crippen molar-refractivity contribution in [2.24, 2.45) is 0 Å². The average molecular weight is 307 g/mol. The van der Waals surface area contributed by atoms with Crippen LogP contribution >= 0.6 is 47.0 Å². The summed E-state index contributed by atoms with van der Waals surface area (Å²) in [4.78, 5) is 12.8. The molecule has 0 N–H and O–H groups in total. The minimum absolute atomic E-state index is 0.134. The van der Waals surface area contributed by atoms with Crippen LogP contribution in [0.1, 0.15) is 19.8 Å². The minimum Gasteiger partial charge on any atom is -0.282 e. The summed E-state index contributed by atoms with van der Waals surface area (Å²) < 4.78 is 0. The molecule has 0 saturated heterocycles. The highest BCUT2D eigenvalue weighted by Crippen LogP contribution is 2.34. The van der Waals surface area contributed by atoms with E-state index in [2.05, 4.69) is 12.0 Å². The Labute approximate surface area is 121 Å². The molecule has 0 atom stereocenters.